The molecule has 1 saturated heterocycles. The number of likely N-dealkylation sites (tertiary alicyclic amines) is 1. The van der Waals surface area contributed by atoms with Gasteiger partial charge in [-0.15, -0.1) is 0 Å². The van der Waals surface area contributed by atoms with Gasteiger partial charge in [-0.2, -0.15) is 13.2 Å². The molecule has 3 aromatic carbocycles. The summed E-state index contributed by atoms with van der Waals surface area (Å²) in [6, 6.07) is 17.1. The van der Waals surface area contributed by atoms with Crippen LogP contribution in [0.3, 0.4) is 0 Å². The van der Waals surface area contributed by atoms with E-state index in [1.54, 1.807) is 30.3 Å². The molecule has 0 saturated carbocycles. The smallest absolute Gasteiger partial charge is 0.349 e. The number of sulfonamides is 1. The molecule has 3 aromatic rings. The van der Waals surface area contributed by atoms with Gasteiger partial charge in [0.25, 0.3) is 0 Å². The standard InChI is InChI=1S/C32H34F3N3O3S/c1-22(21-38-16-7-17-38)24-14-15-28-25(18-24)10-5-13-29(28)36-31(39)20-30(23-8-3-2-4-9-23)37-42(40,41)27-12-6-11-26(19-27)32(33,34)35/h2-4,6,8-9,11-12,14-15,18-19,29-30,37H,1,5,7,10,13,16-17,20-21H2,(H,36,39)/t29-,30?/m1/s1. The summed E-state index contributed by atoms with van der Waals surface area (Å²) in [6.45, 7) is 7.30. The van der Waals surface area contributed by atoms with Crippen LogP contribution in [0.15, 0.2) is 84.3 Å². The third-order valence-corrected chi connectivity index (χ3v) is 9.39. The second kappa shape index (κ2) is 12.4. The summed E-state index contributed by atoms with van der Waals surface area (Å²) in [5.41, 5.74) is 3.83. The number of rotatable bonds is 10. The zero-order valence-electron chi connectivity index (χ0n) is 23.2. The van der Waals surface area contributed by atoms with Crippen LogP contribution in [0, 0.1) is 0 Å². The van der Waals surface area contributed by atoms with Crippen LogP contribution in [0.1, 0.15) is 65.6 Å². The molecule has 2 N–H and O–H groups in total. The second-order valence-electron chi connectivity index (χ2n) is 11.0. The highest BCUT2D eigenvalue weighted by atomic mass is 32.2. The number of carbonyl (C=O) groups excluding carboxylic acids is 1. The van der Waals surface area contributed by atoms with E-state index in [9.17, 15) is 26.4 Å². The minimum Gasteiger partial charge on any atom is -0.349 e. The van der Waals surface area contributed by atoms with E-state index in [1.165, 1.54) is 12.0 Å². The van der Waals surface area contributed by atoms with Crippen molar-refractivity contribution in [2.75, 3.05) is 19.6 Å². The first kappa shape index (κ1) is 30.0. The highest BCUT2D eigenvalue weighted by Crippen LogP contribution is 2.33. The van der Waals surface area contributed by atoms with E-state index >= 15 is 0 Å². The van der Waals surface area contributed by atoms with Gasteiger partial charge in [-0.1, -0.05) is 61.2 Å². The van der Waals surface area contributed by atoms with E-state index in [0.717, 1.165) is 73.8 Å². The maximum absolute atomic E-state index is 13.3. The number of carbonyl (C=O) groups is 1. The van der Waals surface area contributed by atoms with Crippen molar-refractivity contribution in [3.8, 4) is 0 Å². The van der Waals surface area contributed by atoms with E-state index in [1.807, 2.05) is 12.1 Å². The zero-order chi connectivity index (χ0) is 29.9. The maximum Gasteiger partial charge on any atom is 0.416 e. The number of hydrogen-bond acceptors (Lipinski definition) is 4. The molecule has 0 spiro atoms. The lowest BCUT2D eigenvalue weighted by Gasteiger charge is -2.32. The van der Waals surface area contributed by atoms with E-state index in [-0.39, 0.29) is 18.4 Å². The van der Waals surface area contributed by atoms with Gasteiger partial charge in [-0.3, -0.25) is 9.69 Å². The maximum atomic E-state index is 13.3. The highest BCUT2D eigenvalue weighted by Gasteiger charge is 2.33. The van der Waals surface area contributed by atoms with Gasteiger partial charge < -0.3 is 5.32 Å². The molecule has 6 nitrogen and oxygen atoms in total. The largest absolute Gasteiger partial charge is 0.416 e. The van der Waals surface area contributed by atoms with Crippen molar-refractivity contribution in [1.29, 1.82) is 0 Å². The summed E-state index contributed by atoms with van der Waals surface area (Å²) in [4.78, 5) is 15.2. The van der Waals surface area contributed by atoms with Gasteiger partial charge >= 0.3 is 6.18 Å². The zero-order valence-corrected chi connectivity index (χ0v) is 24.0. The Kier molecular flexibility index (Phi) is 8.86. The molecular formula is C32H34F3N3O3S. The SMILES string of the molecule is C=C(CN1CCC1)c1ccc2c(c1)CCC[C@H]2NC(=O)CC(NS(=O)(=O)c1cccc(C(F)(F)F)c1)c1ccccc1. The molecule has 222 valence electrons. The molecule has 1 aliphatic carbocycles. The number of nitrogens with one attached hydrogen (secondary N) is 2. The lowest BCUT2D eigenvalue weighted by molar-refractivity contribution is -0.137. The molecule has 1 amide bonds. The molecule has 0 bridgehead atoms. The minimum absolute atomic E-state index is 0.223. The summed E-state index contributed by atoms with van der Waals surface area (Å²) >= 11 is 0. The lowest BCUT2D eigenvalue weighted by atomic mass is 9.85. The third-order valence-electron chi connectivity index (χ3n) is 7.92. The number of amides is 1. The first-order valence-electron chi connectivity index (χ1n) is 14.1. The summed E-state index contributed by atoms with van der Waals surface area (Å²) in [5, 5.41) is 3.08. The van der Waals surface area contributed by atoms with E-state index in [0.29, 0.717) is 11.6 Å². The first-order valence-corrected chi connectivity index (χ1v) is 15.5. The van der Waals surface area contributed by atoms with Crippen LogP contribution in [-0.2, 0) is 27.4 Å². The number of hydrogen-bond donors (Lipinski definition) is 2. The Labute approximate surface area is 244 Å². The quantitative estimate of drug-likeness (QED) is 0.299. The normalized spacial score (nSPS) is 18.0. The second-order valence-corrected chi connectivity index (χ2v) is 12.7. The van der Waals surface area contributed by atoms with Crippen LogP contribution in [0.4, 0.5) is 13.2 Å². The average Bonchev–Trinajstić information content (AvgIpc) is 2.94. The average molecular weight is 598 g/mol. The van der Waals surface area contributed by atoms with Gasteiger partial charge in [0.15, 0.2) is 0 Å². The summed E-state index contributed by atoms with van der Waals surface area (Å²) in [7, 11) is -4.38. The van der Waals surface area contributed by atoms with Crippen molar-refractivity contribution in [2.45, 2.75) is 55.3 Å². The van der Waals surface area contributed by atoms with Crippen LogP contribution in [0.5, 0.6) is 0 Å². The van der Waals surface area contributed by atoms with Gasteiger partial charge in [0.1, 0.15) is 0 Å². The molecule has 2 atom stereocenters. The molecule has 10 heteroatoms. The van der Waals surface area contributed by atoms with Crippen LogP contribution in [-0.4, -0.2) is 38.9 Å². The van der Waals surface area contributed by atoms with Gasteiger partial charge in [0, 0.05) is 13.0 Å². The number of benzene rings is 3. The molecule has 1 fully saturated rings. The van der Waals surface area contributed by atoms with Crippen LogP contribution >= 0.6 is 0 Å². The fourth-order valence-corrected chi connectivity index (χ4v) is 6.80. The van der Waals surface area contributed by atoms with Gasteiger partial charge in [0.05, 0.1) is 22.5 Å². The fraction of sp³-hybridized carbons (Fsp3) is 0.344. The highest BCUT2D eigenvalue weighted by molar-refractivity contribution is 7.89. The predicted molar refractivity (Wildman–Crippen MR) is 156 cm³/mol. The summed E-state index contributed by atoms with van der Waals surface area (Å²) < 4.78 is 68.6. The molecule has 2 aliphatic rings. The molecular weight excluding hydrogens is 563 g/mol. The van der Waals surface area contributed by atoms with Gasteiger partial charge in [-0.05, 0) is 84.8 Å². The molecule has 1 aliphatic heterocycles. The van der Waals surface area contributed by atoms with E-state index in [4.69, 9.17) is 0 Å². The summed E-state index contributed by atoms with van der Waals surface area (Å²) in [6.07, 6.45) is -1.16. The van der Waals surface area contributed by atoms with Gasteiger partial charge in [0.2, 0.25) is 15.9 Å². The van der Waals surface area contributed by atoms with E-state index < -0.39 is 32.7 Å². The number of fused-ring (bicyclic) bond motifs is 1. The van der Waals surface area contributed by atoms with Crippen LogP contribution in [0.2, 0.25) is 0 Å². The molecule has 42 heavy (non-hydrogen) atoms. The summed E-state index contributed by atoms with van der Waals surface area (Å²) in [5.74, 6) is -0.361. The molecule has 0 radical (unpaired) electrons. The number of nitrogens with zero attached hydrogens (tertiary/aromatic N) is 1. The number of aryl methyl sites for hydroxylation is 1. The Bertz CT molecular complexity index is 1550. The van der Waals surface area contributed by atoms with E-state index in [2.05, 4.69) is 27.6 Å². The molecule has 5 rings (SSSR count). The Morgan fingerprint density at radius 1 is 1.00 bits per heavy atom. The third kappa shape index (κ3) is 7.11. The Balaban J connectivity index is 1.31. The van der Waals surface area contributed by atoms with Crippen LogP contribution in [0.25, 0.3) is 5.57 Å². The Morgan fingerprint density at radius 3 is 2.45 bits per heavy atom. The van der Waals surface area contributed by atoms with Crippen molar-refractivity contribution in [3.05, 3.63) is 107 Å². The molecule has 1 unspecified atom stereocenters. The van der Waals surface area contributed by atoms with Crippen molar-refractivity contribution < 1.29 is 26.4 Å². The van der Waals surface area contributed by atoms with Crippen molar-refractivity contribution in [1.82, 2.24) is 14.9 Å². The number of alkyl halides is 3. The van der Waals surface area contributed by atoms with Crippen molar-refractivity contribution >= 4 is 21.5 Å². The van der Waals surface area contributed by atoms with Crippen LogP contribution < -0.4 is 10.0 Å². The first-order chi connectivity index (χ1) is 20.0. The Morgan fingerprint density at radius 2 is 1.76 bits per heavy atom. The molecule has 1 heterocycles. The number of halogens is 3. The predicted octanol–water partition coefficient (Wildman–Crippen LogP) is 6.03. The minimum atomic E-state index is -4.69. The van der Waals surface area contributed by atoms with Crippen molar-refractivity contribution in [2.24, 2.45) is 0 Å². The topological polar surface area (TPSA) is 78.5 Å². The monoisotopic (exact) mass is 597 g/mol. The fourth-order valence-electron chi connectivity index (χ4n) is 5.53. The Hall–Kier alpha value is -3.47. The molecule has 0 aromatic heterocycles. The lowest BCUT2D eigenvalue weighted by Crippen LogP contribution is -2.38. The van der Waals surface area contributed by atoms with Crippen molar-refractivity contribution in [3.63, 3.8) is 0 Å². The van der Waals surface area contributed by atoms with Gasteiger partial charge in [-0.25, -0.2) is 13.1 Å².